The monoisotopic (exact) mass is 242 g/mol. The summed E-state index contributed by atoms with van der Waals surface area (Å²) in [4.78, 5) is 22.6. The minimum absolute atomic E-state index is 0.0428. The number of carboxylic acids is 1. The molecule has 0 aliphatic carbocycles. The topological polar surface area (TPSA) is 78.4 Å². The molecule has 98 valence electrons. The fraction of sp³-hybridized carbons (Fsp3) is 0.833. The molecular weight excluding hydrogens is 220 g/mol. The fourth-order valence-electron chi connectivity index (χ4n) is 2.30. The molecular formula is C12H22N2O3. The van der Waals surface area contributed by atoms with Crippen LogP contribution in [0.1, 0.15) is 40.0 Å². The first-order valence-corrected chi connectivity index (χ1v) is 6.08. The SMILES string of the molecule is CC(CC(=O)O)NC(=O)C1NCCCC1(C)C. The van der Waals surface area contributed by atoms with Crippen molar-refractivity contribution in [2.75, 3.05) is 6.54 Å². The Bertz CT molecular complexity index is 302. The van der Waals surface area contributed by atoms with E-state index in [0.29, 0.717) is 0 Å². The smallest absolute Gasteiger partial charge is 0.305 e. The van der Waals surface area contributed by atoms with E-state index in [1.54, 1.807) is 6.92 Å². The van der Waals surface area contributed by atoms with E-state index in [-0.39, 0.29) is 29.8 Å². The lowest BCUT2D eigenvalue weighted by Crippen LogP contribution is -2.57. The van der Waals surface area contributed by atoms with Crippen molar-refractivity contribution < 1.29 is 14.7 Å². The summed E-state index contributed by atoms with van der Waals surface area (Å²) in [7, 11) is 0. The van der Waals surface area contributed by atoms with E-state index in [1.165, 1.54) is 0 Å². The lowest BCUT2D eigenvalue weighted by atomic mass is 9.77. The summed E-state index contributed by atoms with van der Waals surface area (Å²) in [5.74, 6) is -0.989. The molecule has 1 heterocycles. The summed E-state index contributed by atoms with van der Waals surface area (Å²) in [6.07, 6.45) is 2.03. The van der Waals surface area contributed by atoms with Crippen LogP contribution in [0.15, 0.2) is 0 Å². The Morgan fingerprint density at radius 2 is 2.18 bits per heavy atom. The summed E-state index contributed by atoms with van der Waals surface area (Å²) >= 11 is 0. The Kier molecular flexibility index (Phi) is 4.51. The van der Waals surface area contributed by atoms with Gasteiger partial charge in [0.05, 0.1) is 12.5 Å². The number of hydrogen-bond donors (Lipinski definition) is 3. The molecule has 0 aromatic heterocycles. The van der Waals surface area contributed by atoms with Crippen molar-refractivity contribution >= 4 is 11.9 Å². The zero-order valence-electron chi connectivity index (χ0n) is 10.7. The third kappa shape index (κ3) is 4.00. The first kappa shape index (κ1) is 14.0. The highest BCUT2D eigenvalue weighted by molar-refractivity contribution is 5.83. The number of carbonyl (C=O) groups is 2. The van der Waals surface area contributed by atoms with Gasteiger partial charge in [-0.25, -0.2) is 0 Å². The average Bonchev–Trinajstić information content (AvgIpc) is 2.14. The summed E-state index contributed by atoms with van der Waals surface area (Å²) in [6.45, 7) is 6.67. The Hall–Kier alpha value is -1.10. The van der Waals surface area contributed by atoms with Gasteiger partial charge in [-0.1, -0.05) is 13.8 Å². The number of hydrogen-bond acceptors (Lipinski definition) is 3. The van der Waals surface area contributed by atoms with Gasteiger partial charge in [0.2, 0.25) is 5.91 Å². The first-order chi connectivity index (χ1) is 7.83. The van der Waals surface area contributed by atoms with E-state index in [1.807, 2.05) is 0 Å². The Balaban J connectivity index is 2.54. The average molecular weight is 242 g/mol. The van der Waals surface area contributed by atoms with Gasteiger partial charge in [-0.2, -0.15) is 0 Å². The van der Waals surface area contributed by atoms with E-state index >= 15 is 0 Å². The number of amides is 1. The minimum Gasteiger partial charge on any atom is -0.481 e. The number of piperidine rings is 1. The lowest BCUT2D eigenvalue weighted by molar-refractivity contribution is -0.137. The normalized spacial score (nSPS) is 25.0. The first-order valence-electron chi connectivity index (χ1n) is 6.08. The molecule has 1 fully saturated rings. The molecule has 17 heavy (non-hydrogen) atoms. The Morgan fingerprint density at radius 1 is 1.53 bits per heavy atom. The van der Waals surface area contributed by atoms with Gasteiger partial charge in [-0.3, -0.25) is 9.59 Å². The molecule has 1 rings (SSSR count). The molecule has 1 aliphatic heterocycles. The van der Waals surface area contributed by atoms with Gasteiger partial charge in [-0.05, 0) is 31.7 Å². The van der Waals surface area contributed by atoms with Crippen LogP contribution in [0.2, 0.25) is 0 Å². The van der Waals surface area contributed by atoms with Crippen LogP contribution in [0.4, 0.5) is 0 Å². The Labute approximate surface area is 102 Å². The predicted octanol–water partition coefficient (Wildman–Crippen LogP) is 0.744. The molecule has 0 bridgehead atoms. The second-order valence-corrected chi connectivity index (χ2v) is 5.49. The van der Waals surface area contributed by atoms with Gasteiger partial charge in [0.1, 0.15) is 0 Å². The standard InChI is InChI=1S/C12H22N2O3/c1-8(7-9(15)16)14-11(17)10-12(2,3)5-4-6-13-10/h8,10,13H,4-7H2,1-3H3,(H,14,17)(H,15,16). The van der Waals surface area contributed by atoms with E-state index in [0.717, 1.165) is 19.4 Å². The maximum absolute atomic E-state index is 12.0. The van der Waals surface area contributed by atoms with Crippen LogP contribution in [0.5, 0.6) is 0 Å². The Morgan fingerprint density at radius 3 is 2.71 bits per heavy atom. The largest absolute Gasteiger partial charge is 0.481 e. The number of carbonyl (C=O) groups excluding carboxylic acids is 1. The van der Waals surface area contributed by atoms with Gasteiger partial charge in [0.25, 0.3) is 0 Å². The fourth-order valence-corrected chi connectivity index (χ4v) is 2.30. The molecule has 5 nitrogen and oxygen atoms in total. The van der Waals surface area contributed by atoms with Crippen LogP contribution in [-0.2, 0) is 9.59 Å². The molecule has 1 aliphatic rings. The van der Waals surface area contributed by atoms with Gasteiger partial charge in [0, 0.05) is 6.04 Å². The quantitative estimate of drug-likeness (QED) is 0.679. The molecule has 1 saturated heterocycles. The van der Waals surface area contributed by atoms with Crippen LogP contribution in [0.25, 0.3) is 0 Å². The molecule has 0 radical (unpaired) electrons. The van der Waals surface area contributed by atoms with Crippen LogP contribution < -0.4 is 10.6 Å². The third-order valence-corrected chi connectivity index (χ3v) is 3.26. The van der Waals surface area contributed by atoms with Crippen LogP contribution >= 0.6 is 0 Å². The second kappa shape index (κ2) is 5.49. The molecule has 0 spiro atoms. The molecule has 1 amide bonds. The highest BCUT2D eigenvalue weighted by Crippen LogP contribution is 2.30. The summed E-state index contributed by atoms with van der Waals surface area (Å²) in [5, 5.41) is 14.6. The minimum atomic E-state index is -0.895. The molecule has 3 N–H and O–H groups in total. The number of aliphatic carboxylic acids is 1. The van der Waals surface area contributed by atoms with Crippen molar-refractivity contribution in [2.24, 2.45) is 5.41 Å². The van der Waals surface area contributed by atoms with Crippen molar-refractivity contribution in [1.82, 2.24) is 10.6 Å². The zero-order valence-corrected chi connectivity index (χ0v) is 10.7. The van der Waals surface area contributed by atoms with E-state index in [9.17, 15) is 9.59 Å². The molecule has 0 aromatic rings. The maximum atomic E-state index is 12.0. The van der Waals surface area contributed by atoms with Gasteiger partial charge >= 0.3 is 5.97 Å². The maximum Gasteiger partial charge on any atom is 0.305 e. The van der Waals surface area contributed by atoms with E-state index in [2.05, 4.69) is 24.5 Å². The van der Waals surface area contributed by atoms with Crippen LogP contribution in [0.3, 0.4) is 0 Å². The number of carboxylic acid groups (broad SMARTS) is 1. The molecule has 0 saturated carbocycles. The van der Waals surface area contributed by atoms with Crippen LogP contribution in [-0.4, -0.2) is 35.6 Å². The van der Waals surface area contributed by atoms with Gasteiger partial charge in [0.15, 0.2) is 0 Å². The van der Waals surface area contributed by atoms with Crippen molar-refractivity contribution in [1.29, 1.82) is 0 Å². The summed E-state index contributed by atoms with van der Waals surface area (Å²) in [5.41, 5.74) is -0.0781. The molecule has 2 atom stereocenters. The summed E-state index contributed by atoms with van der Waals surface area (Å²) < 4.78 is 0. The highest BCUT2D eigenvalue weighted by Gasteiger charge is 2.37. The highest BCUT2D eigenvalue weighted by atomic mass is 16.4. The molecule has 2 unspecified atom stereocenters. The van der Waals surface area contributed by atoms with Crippen LogP contribution in [0, 0.1) is 5.41 Å². The van der Waals surface area contributed by atoms with E-state index < -0.39 is 5.97 Å². The second-order valence-electron chi connectivity index (χ2n) is 5.49. The van der Waals surface area contributed by atoms with Crippen molar-refractivity contribution in [3.63, 3.8) is 0 Å². The molecule has 0 aromatic carbocycles. The summed E-state index contributed by atoms with van der Waals surface area (Å²) in [6, 6.07) is -0.563. The zero-order chi connectivity index (χ0) is 13.1. The van der Waals surface area contributed by atoms with Gasteiger partial charge in [-0.15, -0.1) is 0 Å². The van der Waals surface area contributed by atoms with Crippen molar-refractivity contribution in [3.05, 3.63) is 0 Å². The number of rotatable bonds is 4. The number of nitrogens with one attached hydrogen (secondary N) is 2. The van der Waals surface area contributed by atoms with E-state index in [4.69, 9.17) is 5.11 Å². The van der Waals surface area contributed by atoms with Crippen molar-refractivity contribution in [3.8, 4) is 0 Å². The third-order valence-electron chi connectivity index (χ3n) is 3.26. The van der Waals surface area contributed by atoms with Gasteiger partial charge < -0.3 is 15.7 Å². The van der Waals surface area contributed by atoms with Crippen molar-refractivity contribution in [2.45, 2.75) is 52.1 Å². The molecule has 5 heteroatoms. The lowest BCUT2D eigenvalue weighted by Gasteiger charge is -2.38. The predicted molar refractivity (Wildman–Crippen MR) is 64.7 cm³/mol.